The van der Waals surface area contributed by atoms with Crippen molar-refractivity contribution in [2.45, 2.75) is 38.6 Å². The lowest BCUT2D eigenvalue weighted by molar-refractivity contribution is 0.0450. The second-order valence-corrected chi connectivity index (χ2v) is 7.50. The second kappa shape index (κ2) is 9.43. The van der Waals surface area contributed by atoms with E-state index < -0.39 is 5.97 Å². The summed E-state index contributed by atoms with van der Waals surface area (Å²) in [6.45, 7) is 0.968. The van der Waals surface area contributed by atoms with Crippen LogP contribution in [0.2, 0.25) is 0 Å². The number of nitrogens with zero attached hydrogens (tertiary/aromatic N) is 3. The third-order valence-corrected chi connectivity index (χ3v) is 5.37. The van der Waals surface area contributed by atoms with E-state index in [-0.39, 0.29) is 18.8 Å². The molecule has 0 bridgehead atoms. The van der Waals surface area contributed by atoms with Gasteiger partial charge >= 0.3 is 5.97 Å². The number of nitriles is 1. The minimum Gasteiger partial charge on any atom is -0.490 e. The Balaban J connectivity index is 1.42. The SMILES string of the molecule is N#Cc1ccc(OCCOC(=O)c2ccc3c(=O)n4c(nc3c2)CCCCCC4)cc1. The molecule has 0 radical (unpaired) electrons. The van der Waals surface area contributed by atoms with E-state index in [2.05, 4.69) is 4.98 Å². The van der Waals surface area contributed by atoms with Crippen molar-refractivity contribution in [3.05, 3.63) is 69.8 Å². The van der Waals surface area contributed by atoms with Gasteiger partial charge < -0.3 is 9.47 Å². The zero-order valence-electron chi connectivity index (χ0n) is 17.2. The van der Waals surface area contributed by atoms with Crippen LogP contribution < -0.4 is 10.3 Å². The van der Waals surface area contributed by atoms with Gasteiger partial charge in [-0.15, -0.1) is 0 Å². The molecule has 0 N–H and O–H groups in total. The number of ether oxygens (including phenoxy) is 2. The fraction of sp³-hybridized carbons (Fsp3) is 0.333. The largest absolute Gasteiger partial charge is 0.490 e. The molecule has 0 saturated heterocycles. The first kappa shape index (κ1) is 20.6. The number of aromatic nitrogens is 2. The van der Waals surface area contributed by atoms with Crippen molar-refractivity contribution < 1.29 is 14.3 Å². The van der Waals surface area contributed by atoms with E-state index >= 15 is 0 Å². The van der Waals surface area contributed by atoms with Crippen LogP contribution >= 0.6 is 0 Å². The van der Waals surface area contributed by atoms with Crippen molar-refractivity contribution in [2.24, 2.45) is 0 Å². The summed E-state index contributed by atoms with van der Waals surface area (Å²) in [5.41, 5.74) is 1.39. The van der Waals surface area contributed by atoms with E-state index in [9.17, 15) is 9.59 Å². The van der Waals surface area contributed by atoms with E-state index in [1.54, 1.807) is 47.0 Å². The quantitative estimate of drug-likeness (QED) is 0.465. The van der Waals surface area contributed by atoms with E-state index in [0.29, 0.717) is 34.3 Å². The average molecular weight is 417 g/mol. The fourth-order valence-electron chi connectivity index (χ4n) is 3.72. The molecule has 0 saturated carbocycles. The van der Waals surface area contributed by atoms with Crippen LogP contribution in [-0.2, 0) is 17.7 Å². The highest BCUT2D eigenvalue weighted by Crippen LogP contribution is 2.17. The maximum Gasteiger partial charge on any atom is 0.338 e. The smallest absolute Gasteiger partial charge is 0.338 e. The van der Waals surface area contributed by atoms with Gasteiger partial charge in [0.05, 0.1) is 28.1 Å². The molecule has 0 spiro atoms. The highest BCUT2D eigenvalue weighted by Gasteiger charge is 2.15. The van der Waals surface area contributed by atoms with Gasteiger partial charge in [-0.3, -0.25) is 9.36 Å². The molecule has 3 aromatic rings. The van der Waals surface area contributed by atoms with Gasteiger partial charge in [-0.05, 0) is 55.3 Å². The molecule has 4 rings (SSSR count). The van der Waals surface area contributed by atoms with E-state index in [4.69, 9.17) is 14.7 Å². The van der Waals surface area contributed by atoms with Crippen LogP contribution in [0.3, 0.4) is 0 Å². The minimum absolute atomic E-state index is 0.0439. The summed E-state index contributed by atoms with van der Waals surface area (Å²) < 4.78 is 12.6. The van der Waals surface area contributed by atoms with Crippen molar-refractivity contribution in [3.63, 3.8) is 0 Å². The molecule has 1 aliphatic rings. The highest BCUT2D eigenvalue weighted by molar-refractivity contribution is 5.94. The monoisotopic (exact) mass is 417 g/mol. The fourth-order valence-corrected chi connectivity index (χ4v) is 3.72. The summed E-state index contributed by atoms with van der Waals surface area (Å²) in [5, 5.41) is 9.32. The van der Waals surface area contributed by atoms with Crippen LogP contribution in [0.25, 0.3) is 10.9 Å². The maximum absolute atomic E-state index is 12.9. The Morgan fingerprint density at radius 3 is 2.68 bits per heavy atom. The van der Waals surface area contributed by atoms with Crippen molar-refractivity contribution >= 4 is 16.9 Å². The number of benzene rings is 2. The number of fused-ring (bicyclic) bond motifs is 2. The normalized spacial score (nSPS) is 13.5. The second-order valence-electron chi connectivity index (χ2n) is 7.50. The minimum atomic E-state index is -0.487. The van der Waals surface area contributed by atoms with Crippen LogP contribution in [0.1, 0.15) is 47.4 Å². The van der Waals surface area contributed by atoms with Gasteiger partial charge in [-0.25, -0.2) is 9.78 Å². The Morgan fingerprint density at radius 2 is 1.87 bits per heavy atom. The zero-order valence-corrected chi connectivity index (χ0v) is 17.2. The van der Waals surface area contributed by atoms with Gasteiger partial charge in [0, 0.05) is 13.0 Å². The van der Waals surface area contributed by atoms with E-state index in [1.807, 2.05) is 6.07 Å². The average Bonchev–Trinajstić information content (AvgIpc) is 2.78. The predicted molar refractivity (Wildman–Crippen MR) is 115 cm³/mol. The van der Waals surface area contributed by atoms with E-state index in [1.165, 1.54) is 0 Å². The summed E-state index contributed by atoms with van der Waals surface area (Å²) in [7, 11) is 0. The number of aryl methyl sites for hydroxylation is 1. The first-order valence-corrected chi connectivity index (χ1v) is 10.5. The standard InChI is InChI=1S/C24H23N3O4/c25-16-17-6-9-19(10-7-17)30-13-14-31-24(29)18-8-11-20-21(15-18)26-22-5-3-1-2-4-12-27(22)23(20)28/h6-11,15H,1-5,12-14H2. The molecule has 0 amide bonds. The summed E-state index contributed by atoms with van der Waals surface area (Å²) >= 11 is 0. The molecule has 31 heavy (non-hydrogen) atoms. The van der Waals surface area contributed by atoms with Crippen LogP contribution in [0.15, 0.2) is 47.3 Å². The molecule has 0 fully saturated rings. The van der Waals surface area contributed by atoms with Gasteiger partial charge in [0.2, 0.25) is 0 Å². The van der Waals surface area contributed by atoms with Gasteiger partial charge in [0.1, 0.15) is 24.8 Å². The van der Waals surface area contributed by atoms with Crippen LogP contribution in [0.5, 0.6) is 5.75 Å². The third kappa shape index (κ3) is 4.75. The third-order valence-electron chi connectivity index (χ3n) is 5.37. The van der Waals surface area contributed by atoms with Crippen molar-refractivity contribution in [2.75, 3.05) is 13.2 Å². The molecule has 1 aromatic heterocycles. The molecule has 0 atom stereocenters. The van der Waals surface area contributed by atoms with Crippen LogP contribution in [0, 0.1) is 11.3 Å². The molecular weight excluding hydrogens is 394 g/mol. The van der Waals surface area contributed by atoms with Crippen molar-refractivity contribution in [1.29, 1.82) is 5.26 Å². The topological polar surface area (TPSA) is 94.2 Å². The lowest BCUT2D eigenvalue weighted by atomic mass is 10.1. The van der Waals surface area contributed by atoms with Gasteiger partial charge in [-0.1, -0.05) is 12.8 Å². The lowest BCUT2D eigenvalue weighted by Crippen LogP contribution is -2.26. The molecule has 1 aliphatic heterocycles. The van der Waals surface area contributed by atoms with Gasteiger partial charge in [-0.2, -0.15) is 5.26 Å². The number of esters is 1. The number of hydrogen-bond donors (Lipinski definition) is 0. The lowest BCUT2D eigenvalue weighted by Gasteiger charge is -2.16. The number of carbonyl (C=O) groups excluding carboxylic acids is 1. The molecule has 0 aliphatic carbocycles. The van der Waals surface area contributed by atoms with Crippen LogP contribution in [-0.4, -0.2) is 28.7 Å². The Labute approximate surface area is 179 Å². The molecule has 2 aromatic carbocycles. The molecule has 2 heterocycles. The van der Waals surface area contributed by atoms with Crippen LogP contribution in [0.4, 0.5) is 0 Å². The highest BCUT2D eigenvalue weighted by atomic mass is 16.6. The first-order valence-electron chi connectivity index (χ1n) is 10.5. The maximum atomic E-state index is 12.9. The van der Waals surface area contributed by atoms with Crippen molar-refractivity contribution in [3.8, 4) is 11.8 Å². The molecule has 7 nitrogen and oxygen atoms in total. The van der Waals surface area contributed by atoms with E-state index in [0.717, 1.165) is 37.9 Å². The Kier molecular flexibility index (Phi) is 6.27. The summed E-state index contributed by atoms with van der Waals surface area (Å²) in [6.07, 6.45) is 5.04. The first-order chi connectivity index (χ1) is 15.2. The summed E-state index contributed by atoms with van der Waals surface area (Å²) in [5.74, 6) is 0.902. The number of carbonyl (C=O) groups is 1. The Morgan fingerprint density at radius 1 is 1.06 bits per heavy atom. The van der Waals surface area contributed by atoms with Crippen molar-refractivity contribution in [1.82, 2.24) is 9.55 Å². The Bertz CT molecular complexity index is 1190. The number of rotatable bonds is 5. The number of hydrogen-bond acceptors (Lipinski definition) is 6. The summed E-state index contributed by atoms with van der Waals surface area (Å²) in [4.78, 5) is 30.0. The molecule has 0 unspecified atom stereocenters. The molecule has 7 heteroatoms. The summed E-state index contributed by atoms with van der Waals surface area (Å²) in [6, 6.07) is 13.6. The Hall–Kier alpha value is -3.66. The van der Waals surface area contributed by atoms with Gasteiger partial charge in [0.25, 0.3) is 5.56 Å². The molecular formula is C24H23N3O4. The van der Waals surface area contributed by atoms with Gasteiger partial charge in [0.15, 0.2) is 0 Å². The molecule has 158 valence electrons. The predicted octanol–water partition coefficient (Wildman–Crippen LogP) is 3.62. The zero-order chi connectivity index (χ0) is 21.6.